The number of alkyl halides is 3. The number of hydrogen-bond donors (Lipinski definition) is 2. The fourth-order valence-electron chi connectivity index (χ4n) is 2.04. The van der Waals surface area contributed by atoms with Crippen LogP contribution in [0.25, 0.3) is 0 Å². The van der Waals surface area contributed by atoms with Gasteiger partial charge in [0.15, 0.2) is 6.61 Å². The highest BCUT2D eigenvalue weighted by atomic mass is 32.2. The molecule has 1 aliphatic carbocycles. The summed E-state index contributed by atoms with van der Waals surface area (Å²) >= 11 is 0. The summed E-state index contributed by atoms with van der Waals surface area (Å²) in [5.41, 5.74) is 4.56. The average Bonchev–Trinajstić information content (AvgIpc) is 3.29. The number of hydrogen-bond acceptors (Lipinski definition) is 5. The minimum absolute atomic E-state index is 0.0640. The summed E-state index contributed by atoms with van der Waals surface area (Å²) in [6, 6.07) is 4.25. The minimum atomic E-state index is -4.49. The molecule has 0 aliphatic heterocycles. The molecule has 0 radical (unpaired) electrons. The third kappa shape index (κ3) is 4.60. The number of carbonyl (C=O) groups excluding carboxylic acids is 1. The first-order chi connectivity index (χ1) is 10.9. The largest absolute Gasteiger partial charge is 0.484 e. The minimum Gasteiger partial charge on any atom is -0.484 e. The predicted octanol–water partition coefficient (Wildman–Crippen LogP) is 1.56. The molecule has 6 nitrogen and oxygen atoms in total. The SMILES string of the molecule is CC(N)(C(=O)NS(=O)(=O)c1ccc(OCC(F)(F)F)cc1)C1CC1. The number of rotatable bonds is 6. The number of sulfonamides is 1. The first-order valence-electron chi connectivity index (χ1n) is 7.07. The molecule has 134 valence electrons. The van der Waals surface area contributed by atoms with Crippen molar-refractivity contribution in [3.8, 4) is 5.75 Å². The second-order valence-electron chi connectivity index (χ2n) is 5.87. The van der Waals surface area contributed by atoms with E-state index in [1.54, 1.807) is 0 Å². The number of nitrogens with one attached hydrogen (secondary N) is 1. The van der Waals surface area contributed by atoms with Crippen LogP contribution in [0.3, 0.4) is 0 Å². The average molecular weight is 366 g/mol. The Kier molecular flexibility index (Phi) is 4.82. The molecule has 0 heterocycles. The summed E-state index contributed by atoms with van der Waals surface area (Å²) in [5.74, 6) is -1.02. The van der Waals surface area contributed by atoms with E-state index in [1.807, 2.05) is 4.72 Å². The van der Waals surface area contributed by atoms with Crippen LogP contribution < -0.4 is 15.2 Å². The van der Waals surface area contributed by atoms with Gasteiger partial charge in [-0.1, -0.05) is 0 Å². The summed E-state index contributed by atoms with van der Waals surface area (Å²) < 4.78 is 66.9. The van der Waals surface area contributed by atoms with Gasteiger partial charge >= 0.3 is 6.18 Å². The number of carbonyl (C=O) groups is 1. The molecule has 0 saturated heterocycles. The van der Waals surface area contributed by atoms with Gasteiger partial charge in [0.25, 0.3) is 15.9 Å². The van der Waals surface area contributed by atoms with Crippen LogP contribution in [0, 0.1) is 5.92 Å². The van der Waals surface area contributed by atoms with Crippen molar-refractivity contribution in [1.82, 2.24) is 4.72 Å². The second kappa shape index (κ2) is 6.25. The lowest BCUT2D eigenvalue weighted by molar-refractivity contribution is -0.153. The molecule has 1 unspecified atom stereocenters. The van der Waals surface area contributed by atoms with Gasteiger partial charge in [-0.05, 0) is 49.9 Å². The van der Waals surface area contributed by atoms with Crippen LogP contribution in [0.4, 0.5) is 13.2 Å². The molecule has 1 aromatic carbocycles. The fraction of sp³-hybridized carbons (Fsp3) is 0.500. The molecule has 1 fully saturated rings. The monoisotopic (exact) mass is 366 g/mol. The smallest absolute Gasteiger partial charge is 0.422 e. The zero-order valence-corrected chi connectivity index (χ0v) is 13.6. The molecule has 1 amide bonds. The maximum absolute atomic E-state index is 12.2. The lowest BCUT2D eigenvalue weighted by atomic mass is 9.97. The van der Waals surface area contributed by atoms with Gasteiger partial charge in [0.1, 0.15) is 5.75 Å². The molecule has 0 bridgehead atoms. The first-order valence-corrected chi connectivity index (χ1v) is 8.56. The van der Waals surface area contributed by atoms with E-state index in [4.69, 9.17) is 5.73 Å². The standard InChI is InChI=1S/C14H17F3N2O4S/c1-13(18,9-2-3-9)12(20)19-24(21,22)11-6-4-10(5-7-11)23-8-14(15,16)17/h4-7,9H,2-3,8,18H2,1H3,(H,19,20). The fourth-order valence-corrected chi connectivity index (χ4v) is 3.12. The maximum atomic E-state index is 12.2. The number of benzene rings is 1. The molecule has 24 heavy (non-hydrogen) atoms. The molecular weight excluding hydrogens is 349 g/mol. The summed E-state index contributed by atoms with van der Waals surface area (Å²) in [7, 11) is -4.17. The Morgan fingerprint density at radius 1 is 1.29 bits per heavy atom. The zero-order valence-electron chi connectivity index (χ0n) is 12.8. The van der Waals surface area contributed by atoms with Gasteiger partial charge in [0, 0.05) is 0 Å². The predicted molar refractivity (Wildman–Crippen MR) is 78.6 cm³/mol. The van der Waals surface area contributed by atoms with Crippen LogP contribution in [0.2, 0.25) is 0 Å². The Balaban J connectivity index is 2.05. The highest BCUT2D eigenvalue weighted by Crippen LogP contribution is 2.38. The number of halogens is 3. The zero-order chi connectivity index (χ0) is 18.2. The van der Waals surface area contributed by atoms with Crippen molar-refractivity contribution in [2.24, 2.45) is 11.7 Å². The molecular formula is C14H17F3N2O4S. The molecule has 1 aliphatic rings. The van der Waals surface area contributed by atoms with E-state index in [1.165, 1.54) is 6.92 Å². The molecule has 2 rings (SSSR count). The van der Waals surface area contributed by atoms with Crippen LogP contribution in [0.15, 0.2) is 29.2 Å². The molecule has 1 saturated carbocycles. The Morgan fingerprint density at radius 2 is 1.83 bits per heavy atom. The molecule has 1 aromatic rings. The van der Waals surface area contributed by atoms with E-state index in [2.05, 4.69) is 4.74 Å². The molecule has 10 heteroatoms. The quantitative estimate of drug-likeness (QED) is 0.796. The Morgan fingerprint density at radius 3 is 2.29 bits per heavy atom. The van der Waals surface area contributed by atoms with Crippen molar-refractivity contribution in [2.45, 2.75) is 36.4 Å². The van der Waals surface area contributed by atoms with E-state index >= 15 is 0 Å². The van der Waals surface area contributed by atoms with Gasteiger partial charge in [-0.15, -0.1) is 0 Å². The van der Waals surface area contributed by atoms with E-state index in [9.17, 15) is 26.4 Å². The topological polar surface area (TPSA) is 98.5 Å². The molecule has 1 atom stereocenters. The van der Waals surface area contributed by atoms with Crippen molar-refractivity contribution in [3.05, 3.63) is 24.3 Å². The van der Waals surface area contributed by atoms with Crippen LogP contribution in [0.1, 0.15) is 19.8 Å². The maximum Gasteiger partial charge on any atom is 0.422 e. The van der Waals surface area contributed by atoms with Crippen molar-refractivity contribution in [3.63, 3.8) is 0 Å². The van der Waals surface area contributed by atoms with Gasteiger partial charge in [-0.3, -0.25) is 4.79 Å². The van der Waals surface area contributed by atoms with Gasteiger partial charge in [-0.25, -0.2) is 13.1 Å². The van der Waals surface area contributed by atoms with Crippen LogP contribution in [0.5, 0.6) is 5.75 Å². The van der Waals surface area contributed by atoms with Crippen LogP contribution in [-0.4, -0.2) is 32.6 Å². The van der Waals surface area contributed by atoms with E-state index in [0.717, 1.165) is 37.1 Å². The van der Waals surface area contributed by atoms with E-state index in [0.29, 0.717) is 0 Å². The van der Waals surface area contributed by atoms with Crippen LogP contribution in [-0.2, 0) is 14.8 Å². The molecule has 3 N–H and O–H groups in total. The van der Waals surface area contributed by atoms with Gasteiger partial charge in [0.05, 0.1) is 10.4 Å². The summed E-state index contributed by atoms with van der Waals surface area (Å²) in [6.07, 6.45) is -2.98. The number of ether oxygens (including phenoxy) is 1. The third-order valence-electron chi connectivity index (χ3n) is 3.68. The van der Waals surface area contributed by atoms with Crippen molar-refractivity contribution in [2.75, 3.05) is 6.61 Å². The van der Waals surface area contributed by atoms with Crippen molar-refractivity contribution < 1.29 is 31.1 Å². The Hall–Kier alpha value is -1.81. The number of amides is 1. The van der Waals surface area contributed by atoms with Gasteiger partial charge < -0.3 is 10.5 Å². The number of nitrogens with two attached hydrogens (primary N) is 1. The van der Waals surface area contributed by atoms with Gasteiger partial charge in [0.2, 0.25) is 0 Å². The first kappa shape index (κ1) is 18.5. The normalized spacial score (nSPS) is 17.9. The Labute approximate surface area is 137 Å². The van der Waals surface area contributed by atoms with Crippen molar-refractivity contribution in [1.29, 1.82) is 0 Å². The second-order valence-corrected chi connectivity index (χ2v) is 7.55. The molecule has 0 aromatic heterocycles. The summed E-state index contributed by atoms with van der Waals surface area (Å²) in [6.45, 7) is -0.0215. The lowest BCUT2D eigenvalue weighted by Crippen LogP contribution is -2.54. The summed E-state index contributed by atoms with van der Waals surface area (Å²) in [5, 5.41) is 0. The third-order valence-corrected chi connectivity index (χ3v) is 5.03. The summed E-state index contributed by atoms with van der Waals surface area (Å²) in [4.78, 5) is 11.8. The highest BCUT2D eigenvalue weighted by Gasteiger charge is 2.45. The lowest BCUT2D eigenvalue weighted by Gasteiger charge is -2.22. The molecule has 0 spiro atoms. The Bertz CT molecular complexity index is 711. The van der Waals surface area contributed by atoms with E-state index in [-0.39, 0.29) is 16.6 Å². The van der Waals surface area contributed by atoms with Crippen molar-refractivity contribution >= 4 is 15.9 Å². The van der Waals surface area contributed by atoms with E-state index < -0.39 is 34.3 Å². The van der Waals surface area contributed by atoms with Gasteiger partial charge in [-0.2, -0.15) is 13.2 Å². The highest BCUT2D eigenvalue weighted by molar-refractivity contribution is 7.90. The van der Waals surface area contributed by atoms with Crippen LogP contribution >= 0.6 is 0 Å².